The van der Waals surface area contributed by atoms with Crippen molar-refractivity contribution in [2.45, 2.75) is 23.3 Å². The molecule has 1 aliphatic rings. The minimum Gasteiger partial charge on any atom is -0.349 e. The summed E-state index contributed by atoms with van der Waals surface area (Å²) in [5, 5.41) is 0. The summed E-state index contributed by atoms with van der Waals surface area (Å²) in [5.41, 5.74) is -2.73. The van der Waals surface area contributed by atoms with Gasteiger partial charge >= 0.3 is 17.8 Å². The number of ether oxygens (including phenoxy) is 1. The van der Waals surface area contributed by atoms with Crippen LogP contribution in [0.3, 0.4) is 0 Å². The van der Waals surface area contributed by atoms with Gasteiger partial charge in [0.2, 0.25) is 5.56 Å². The quantitative estimate of drug-likeness (QED) is 0.457. The molecule has 1 atom stereocenters. The van der Waals surface area contributed by atoms with E-state index in [0.29, 0.717) is 0 Å². The fourth-order valence-electron chi connectivity index (χ4n) is 0.759. The summed E-state index contributed by atoms with van der Waals surface area (Å²) in [4.78, 5) is 0. The molecule has 78 valence electrons. The zero-order chi connectivity index (χ0) is 10.5. The lowest BCUT2D eigenvalue weighted by atomic mass is 10.0. The van der Waals surface area contributed by atoms with Crippen molar-refractivity contribution in [3.8, 4) is 0 Å². The van der Waals surface area contributed by atoms with Crippen molar-refractivity contribution in [1.82, 2.24) is 0 Å². The lowest BCUT2D eigenvalue weighted by Gasteiger charge is -2.39. The molecule has 0 aromatic carbocycles. The predicted octanol–water partition coefficient (Wildman–Crippen LogP) is 2.49. The molecule has 0 radical (unpaired) electrons. The summed E-state index contributed by atoms with van der Waals surface area (Å²) in [7, 11) is 0. The van der Waals surface area contributed by atoms with Gasteiger partial charge in [0.15, 0.2) is 0 Å². The van der Waals surface area contributed by atoms with E-state index in [4.69, 9.17) is 0 Å². The minimum atomic E-state index is -5.48. The van der Waals surface area contributed by atoms with Crippen LogP contribution in [-0.2, 0) is 4.74 Å². The summed E-state index contributed by atoms with van der Waals surface area (Å²) < 4.78 is 77.6. The Morgan fingerprint density at radius 3 is 1.92 bits per heavy atom. The van der Waals surface area contributed by atoms with Crippen LogP contribution in [0, 0.1) is 0 Å². The van der Waals surface area contributed by atoms with Crippen molar-refractivity contribution in [3.05, 3.63) is 0 Å². The molecule has 1 unspecified atom stereocenters. The maximum absolute atomic E-state index is 12.4. The zero-order valence-electron chi connectivity index (χ0n) is 5.84. The van der Waals surface area contributed by atoms with E-state index in [1.807, 2.05) is 0 Å². The Morgan fingerprint density at radius 2 is 1.54 bits per heavy atom. The molecule has 0 aliphatic carbocycles. The second kappa shape index (κ2) is 2.66. The lowest BCUT2D eigenvalue weighted by molar-refractivity contribution is -0.369. The highest BCUT2D eigenvalue weighted by Crippen LogP contribution is 2.52. The number of alkyl halides is 7. The second-order valence-corrected chi connectivity index (χ2v) is 2.93. The molecule has 1 fully saturated rings. The number of rotatable bonds is 0. The summed E-state index contributed by atoms with van der Waals surface area (Å²) in [6.45, 7) is -1.82. The third-order valence-electron chi connectivity index (χ3n) is 1.57. The molecule has 1 aliphatic heterocycles. The smallest absolute Gasteiger partial charge is 0.349 e. The zero-order valence-corrected chi connectivity index (χ0v) is 6.59. The minimum absolute atomic E-state index is 1.82. The van der Waals surface area contributed by atoms with Crippen LogP contribution in [0.5, 0.6) is 0 Å². The normalized spacial score (nSPS) is 35.8. The van der Waals surface area contributed by atoms with Crippen LogP contribution < -0.4 is 0 Å². The Morgan fingerprint density at radius 1 is 1.08 bits per heavy atom. The standard InChI is InChI=1S/C5H3ClF6O/c6-2-4(9,10)5(11,12)3(7,8)1-13-2/h2H,1H2. The third kappa shape index (κ3) is 1.28. The molecule has 0 N–H and O–H groups in total. The molecule has 0 spiro atoms. The Balaban J connectivity index is 3.07. The first-order valence-electron chi connectivity index (χ1n) is 3.02. The van der Waals surface area contributed by atoms with E-state index >= 15 is 0 Å². The van der Waals surface area contributed by atoms with Crippen molar-refractivity contribution in [2.75, 3.05) is 6.61 Å². The van der Waals surface area contributed by atoms with Gasteiger partial charge in [0.25, 0.3) is 0 Å². The first-order valence-corrected chi connectivity index (χ1v) is 3.46. The Bertz CT molecular complexity index is 217. The Kier molecular flexibility index (Phi) is 2.23. The molecule has 13 heavy (non-hydrogen) atoms. The summed E-state index contributed by atoms with van der Waals surface area (Å²) in [6, 6.07) is 0. The fraction of sp³-hybridized carbons (Fsp3) is 1.00. The highest BCUT2D eigenvalue weighted by Gasteiger charge is 2.77. The van der Waals surface area contributed by atoms with Crippen molar-refractivity contribution >= 4 is 11.6 Å². The van der Waals surface area contributed by atoms with Crippen LogP contribution in [0.15, 0.2) is 0 Å². The molecule has 1 nitrogen and oxygen atoms in total. The van der Waals surface area contributed by atoms with E-state index in [1.54, 1.807) is 0 Å². The van der Waals surface area contributed by atoms with Gasteiger partial charge in [-0.05, 0) is 0 Å². The number of hydrogen-bond donors (Lipinski definition) is 0. The van der Waals surface area contributed by atoms with Crippen LogP contribution in [-0.4, -0.2) is 29.9 Å². The molecule has 1 saturated heterocycles. The number of hydrogen-bond acceptors (Lipinski definition) is 1. The lowest BCUT2D eigenvalue weighted by Crippen LogP contribution is -2.64. The van der Waals surface area contributed by atoms with Crippen molar-refractivity contribution in [3.63, 3.8) is 0 Å². The van der Waals surface area contributed by atoms with E-state index in [9.17, 15) is 26.3 Å². The molecular formula is C5H3ClF6O. The van der Waals surface area contributed by atoms with E-state index in [2.05, 4.69) is 16.3 Å². The molecule has 1 heterocycles. The fourth-order valence-corrected chi connectivity index (χ4v) is 0.960. The largest absolute Gasteiger partial charge is 0.378 e. The van der Waals surface area contributed by atoms with Gasteiger partial charge in [0, 0.05) is 0 Å². The molecule has 0 aromatic rings. The van der Waals surface area contributed by atoms with Crippen molar-refractivity contribution in [1.29, 1.82) is 0 Å². The van der Waals surface area contributed by atoms with Crippen molar-refractivity contribution in [2.24, 2.45) is 0 Å². The maximum Gasteiger partial charge on any atom is 0.378 e. The average molecular weight is 229 g/mol. The molecule has 0 aromatic heterocycles. The van der Waals surface area contributed by atoms with E-state index in [1.165, 1.54) is 0 Å². The van der Waals surface area contributed by atoms with Gasteiger partial charge in [-0.1, -0.05) is 11.6 Å². The van der Waals surface area contributed by atoms with Gasteiger partial charge in [-0.15, -0.1) is 0 Å². The van der Waals surface area contributed by atoms with Gasteiger partial charge in [0.05, 0.1) is 0 Å². The average Bonchev–Trinajstić information content (AvgIpc) is 1.97. The Hall–Kier alpha value is -0.170. The number of halogens is 7. The topological polar surface area (TPSA) is 9.23 Å². The summed E-state index contributed by atoms with van der Waals surface area (Å²) in [6.07, 6.45) is 0. The molecular weight excluding hydrogens is 225 g/mol. The van der Waals surface area contributed by atoms with Crippen LogP contribution in [0.4, 0.5) is 26.3 Å². The van der Waals surface area contributed by atoms with Gasteiger partial charge in [-0.3, -0.25) is 0 Å². The van der Waals surface area contributed by atoms with Gasteiger partial charge in [0.1, 0.15) is 6.61 Å². The van der Waals surface area contributed by atoms with Crippen LogP contribution in [0.2, 0.25) is 0 Å². The van der Waals surface area contributed by atoms with Gasteiger partial charge in [-0.2, -0.15) is 26.3 Å². The highest BCUT2D eigenvalue weighted by molar-refractivity contribution is 6.20. The van der Waals surface area contributed by atoms with Crippen LogP contribution in [0.1, 0.15) is 0 Å². The highest BCUT2D eigenvalue weighted by atomic mass is 35.5. The van der Waals surface area contributed by atoms with Gasteiger partial charge < -0.3 is 4.74 Å². The first-order chi connectivity index (χ1) is 5.63. The van der Waals surface area contributed by atoms with E-state index in [0.717, 1.165) is 0 Å². The predicted molar refractivity (Wildman–Crippen MR) is 30.4 cm³/mol. The van der Waals surface area contributed by atoms with E-state index in [-0.39, 0.29) is 0 Å². The molecule has 8 heteroatoms. The first kappa shape index (κ1) is 10.9. The maximum atomic E-state index is 12.4. The molecule has 1 rings (SSSR count). The summed E-state index contributed by atoms with van der Waals surface area (Å²) >= 11 is 4.63. The third-order valence-corrected chi connectivity index (χ3v) is 1.97. The SMILES string of the molecule is FC1(F)COC(Cl)C(F)(F)C1(F)F. The molecule has 0 amide bonds. The molecule has 0 bridgehead atoms. The van der Waals surface area contributed by atoms with Crippen LogP contribution in [0.25, 0.3) is 0 Å². The van der Waals surface area contributed by atoms with Gasteiger partial charge in [-0.25, -0.2) is 0 Å². The van der Waals surface area contributed by atoms with Crippen LogP contribution >= 0.6 is 11.6 Å². The summed E-state index contributed by atoms with van der Waals surface area (Å²) in [5.74, 6) is -15.5. The van der Waals surface area contributed by atoms with E-state index < -0.39 is 29.9 Å². The Labute approximate surface area is 73.6 Å². The second-order valence-electron chi connectivity index (χ2n) is 2.53. The van der Waals surface area contributed by atoms with Crippen molar-refractivity contribution < 1.29 is 31.1 Å². The molecule has 0 saturated carbocycles. The monoisotopic (exact) mass is 228 g/mol.